The molecule has 0 saturated carbocycles. The number of nitrogens with one attached hydrogen (secondary N) is 3. The van der Waals surface area contributed by atoms with Gasteiger partial charge < -0.3 is 15.5 Å². The topological polar surface area (TPSA) is 160 Å². The smallest absolute Gasteiger partial charge is 0.343 e. The molecule has 3 aromatic rings. The first-order valence-corrected chi connectivity index (χ1v) is 13.1. The fourth-order valence-corrected chi connectivity index (χ4v) is 4.58. The minimum atomic E-state index is -0.794. The van der Waals surface area contributed by atoms with Gasteiger partial charge in [-0.3, -0.25) is 19.4 Å². The lowest BCUT2D eigenvalue weighted by molar-refractivity contribution is -0.129. The fourth-order valence-electron chi connectivity index (χ4n) is 4.58. The molecule has 3 heterocycles. The molecule has 1 aliphatic heterocycles. The largest absolute Gasteiger partial charge is 0.344 e. The Bertz CT molecular complexity index is 1380. The van der Waals surface area contributed by atoms with Crippen LogP contribution in [0.25, 0.3) is 0 Å². The molecular formula is C26H35N9O4. The van der Waals surface area contributed by atoms with Gasteiger partial charge in [0.2, 0.25) is 17.6 Å². The lowest BCUT2D eigenvalue weighted by atomic mass is 10.0. The second-order valence-corrected chi connectivity index (χ2v) is 10.1. The highest BCUT2D eigenvalue weighted by Gasteiger charge is 2.30. The van der Waals surface area contributed by atoms with E-state index in [0.29, 0.717) is 31.0 Å². The summed E-state index contributed by atoms with van der Waals surface area (Å²) in [5.74, 6) is -0.0410. The van der Waals surface area contributed by atoms with Gasteiger partial charge in [-0.25, -0.2) is 19.1 Å². The zero-order valence-corrected chi connectivity index (χ0v) is 22.7. The summed E-state index contributed by atoms with van der Waals surface area (Å²) in [7, 11) is 1.46. The summed E-state index contributed by atoms with van der Waals surface area (Å²) in [4.78, 5) is 60.2. The number of H-pyrrole nitrogens is 1. The van der Waals surface area contributed by atoms with Crippen molar-refractivity contribution in [3.8, 4) is 0 Å². The normalized spacial score (nSPS) is 19.3. The lowest BCUT2D eigenvalue weighted by Gasteiger charge is -2.27. The van der Waals surface area contributed by atoms with Gasteiger partial charge in [0.25, 0.3) is 5.91 Å². The van der Waals surface area contributed by atoms with E-state index in [1.807, 2.05) is 44.2 Å². The number of benzene rings is 1. The van der Waals surface area contributed by atoms with Crippen LogP contribution in [0.3, 0.4) is 0 Å². The van der Waals surface area contributed by atoms with Gasteiger partial charge in [0.15, 0.2) is 0 Å². The predicted octanol–water partition coefficient (Wildman–Crippen LogP) is 0.485. The van der Waals surface area contributed by atoms with Crippen molar-refractivity contribution in [3.63, 3.8) is 0 Å². The molecule has 0 aliphatic carbocycles. The SMILES string of the molecule is Cc1nc2n(n1)CCN(C(=O)c1nn(C)c(=O)[nH]1)CCCC(=O)N[C@@H](Cc1ccccc1)C(=O)N[C@@H]2C(C)C. The maximum absolute atomic E-state index is 13.5. The number of aryl methyl sites for hydroxylation is 2. The van der Waals surface area contributed by atoms with Gasteiger partial charge in [-0.1, -0.05) is 44.2 Å². The monoisotopic (exact) mass is 537 g/mol. The van der Waals surface area contributed by atoms with E-state index >= 15 is 0 Å². The Morgan fingerprint density at radius 3 is 2.46 bits per heavy atom. The highest BCUT2D eigenvalue weighted by molar-refractivity contribution is 5.90. The maximum Gasteiger partial charge on any atom is 0.343 e. The molecule has 0 unspecified atom stereocenters. The predicted molar refractivity (Wildman–Crippen MR) is 142 cm³/mol. The number of nitrogens with zero attached hydrogens (tertiary/aromatic N) is 6. The molecule has 2 aromatic heterocycles. The van der Waals surface area contributed by atoms with Gasteiger partial charge in [-0.05, 0) is 24.8 Å². The molecule has 0 bridgehead atoms. The number of amides is 3. The van der Waals surface area contributed by atoms with E-state index in [4.69, 9.17) is 0 Å². The van der Waals surface area contributed by atoms with Crippen LogP contribution in [0.4, 0.5) is 0 Å². The Hall–Kier alpha value is -4.29. The quantitative estimate of drug-likeness (QED) is 0.436. The molecule has 0 saturated heterocycles. The number of hydrogen-bond acceptors (Lipinski definition) is 7. The molecule has 3 amide bonds. The van der Waals surface area contributed by atoms with Crippen molar-refractivity contribution < 1.29 is 14.4 Å². The Labute approximate surface area is 226 Å². The number of hydrogen-bond donors (Lipinski definition) is 3. The molecular weight excluding hydrogens is 502 g/mol. The second-order valence-electron chi connectivity index (χ2n) is 10.1. The van der Waals surface area contributed by atoms with Crippen molar-refractivity contribution in [1.82, 2.24) is 45.1 Å². The summed E-state index contributed by atoms with van der Waals surface area (Å²) >= 11 is 0. The van der Waals surface area contributed by atoms with Crippen LogP contribution in [-0.2, 0) is 29.6 Å². The van der Waals surface area contributed by atoms with Crippen LogP contribution < -0.4 is 16.3 Å². The highest BCUT2D eigenvalue weighted by Crippen LogP contribution is 2.21. The first-order valence-electron chi connectivity index (χ1n) is 13.1. The molecule has 1 aromatic carbocycles. The van der Waals surface area contributed by atoms with Gasteiger partial charge in [-0.15, -0.1) is 5.10 Å². The molecule has 2 atom stereocenters. The first-order chi connectivity index (χ1) is 18.6. The van der Waals surface area contributed by atoms with Gasteiger partial charge in [-0.2, -0.15) is 5.10 Å². The Kier molecular flexibility index (Phi) is 8.57. The van der Waals surface area contributed by atoms with Crippen molar-refractivity contribution in [2.75, 3.05) is 13.1 Å². The third-order valence-electron chi connectivity index (χ3n) is 6.66. The number of carbonyl (C=O) groups is 3. The third-order valence-corrected chi connectivity index (χ3v) is 6.66. The fraction of sp³-hybridized carbons (Fsp3) is 0.500. The molecule has 0 spiro atoms. The summed E-state index contributed by atoms with van der Waals surface area (Å²) in [6.07, 6.45) is 0.793. The molecule has 13 heteroatoms. The summed E-state index contributed by atoms with van der Waals surface area (Å²) in [6, 6.07) is 8.23. The number of rotatable bonds is 4. The number of carbonyl (C=O) groups excluding carboxylic acids is 3. The van der Waals surface area contributed by atoms with Gasteiger partial charge in [0.1, 0.15) is 17.7 Å². The number of aromatic nitrogens is 6. The molecule has 3 N–H and O–H groups in total. The van der Waals surface area contributed by atoms with Crippen molar-refractivity contribution in [2.45, 2.75) is 58.7 Å². The van der Waals surface area contributed by atoms with E-state index in [-0.39, 0.29) is 43.1 Å². The van der Waals surface area contributed by atoms with Crippen LogP contribution in [-0.4, -0.2) is 71.3 Å². The molecule has 4 rings (SSSR count). The van der Waals surface area contributed by atoms with Gasteiger partial charge >= 0.3 is 5.69 Å². The highest BCUT2D eigenvalue weighted by atomic mass is 16.2. The first kappa shape index (κ1) is 27.7. The third kappa shape index (κ3) is 6.78. The number of fused-ring (bicyclic) bond motifs is 1. The zero-order valence-electron chi connectivity index (χ0n) is 22.7. The lowest BCUT2D eigenvalue weighted by Crippen LogP contribution is -2.50. The zero-order chi connectivity index (χ0) is 28.1. The molecule has 13 nitrogen and oxygen atoms in total. The van der Waals surface area contributed by atoms with Crippen LogP contribution in [0.1, 0.15) is 60.6 Å². The van der Waals surface area contributed by atoms with E-state index < -0.39 is 23.7 Å². The summed E-state index contributed by atoms with van der Waals surface area (Å²) < 4.78 is 2.77. The van der Waals surface area contributed by atoms with Crippen molar-refractivity contribution in [3.05, 3.63) is 63.9 Å². The molecule has 1 aliphatic rings. The van der Waals surface area contributed by atoms with Crippen LogP contribution in [0.5, 0.6) is 0 Å². The van der Waals surface area contributed by atoms with Crippen LogP contribution in [0.15, 0.2) is 35.1 Å². The number of aromatic amines is 1. The van der Waals surface area contributed by atoms with E-state index in [2.05, 4.69) is 30.8 Å². The molecule has 39 heavy (non-hydrogen) atoms. The van der Waals surface area contributed by atoms with Crippen LogP contribution >= 0.6 is 0 Å². The molecule has 0 radical (unpaired) electrons. The molecule has 208 valence electrons. The van der Waals surface area contributed by atoms with E-state index in [9.17, 15) is 19.2 Å². The Morgan fingerprint density at radius 1 is 1.05 bits per heavy atom. The minimum Gasteiger partial charge on any atom is -0.344 e. The molecule has 0 fully saturated rings. The van der Waals surface area contributed by atoms with Crippen molar-refractivity contribution in [1.29, 1.82) is 0 Å². The van der Waals surface area contributed by atoms with E-state index in [0.717, 1.165) is 10.2 Å². The van der Waals surface area contributed by atoms with Crippen LogP contribution in [0.2, 0.25) is 0 Å². The second kappa shape index (κ2) is 12.0. The standard InChI is InChI=1S/C26H35N9O4/c1-16(2)21-23-27-17(3)31-35(23)14-13-34(25(38)22-30-26(39)33(4)32-22)12-8-11-20(36)28-19(24(37)29-21)15-18-9-6-5-7-10-18/h5-7,9-10,16,19,21H,8,11-15H2,1-4H3,(H,28,36)(H,29,37)(H,30,32,39)/t19-,21+/m0/s1. The average molecular weight is 538 g/mol. The minimum absolute atomic E-state index is 0.0337. The maximum atomic E-state index is 13.5. The Balaban J connectivity index is 1.66. The van der Waals surface area contributed by atoms with Gasteiger partial charge in [0.05, 0.1) is 12.6 Å². The van der Waals surface area contributed by atoms with E-state index in [1.54, 1.807) is 16.5 Å². The van der Waals surface area contributed by atoms with Crippen LogP contribution in [0, 0.1) is 12.8 Å². The van der Waals surface area contributed by atoms with Crippen molar-refractivity contribution >= 4 is 17.7 Å². The summed E-state index contributed by atoms with van der Waals surface area (Å²) in [6.45, 7) is 6.51. The Morgan fingerprint density at radius 2 is 1.79 bits per heavy atom. The van der Waals surface area contributed by atoms with Gasteiger partial charge in [0, 0.05) is 33.0 Å². The van der Waals surface area contributed by atoms with E-state index in [1.165, 1.54) is 7.05 Å². The average Bonchev–Trinajstić information content (AvgIpc) is 3.44. The van der Waals surface area contributed by atoms with Crippen molar-refractivity contribution in [2.24, 2.45) is 13.0 Å². The summed E-state index contributed by atoms with van der Waals surface area (Å²) in [5.41, 5.74) is 0.425. The summed E-state index contributed by atoms with van der Waals surface area (Å²) in [5, 5.41) is 14.5.